The van der Waals surface area contributed by atoms with Crippen LogP contribution in [0, 0.1) is 5.82 Å². The summed E-state index contributed by atoms with van der Waals surface area (Å²) in [6.45, 7) is -0.580. The maximum atomic E-state index is 13.7. The number of aliphatic hydroxyl groups excluding tert-OH is 1. The number of hydrogen-bond donors (Lipinski definition) is 2. The Morgan fingerprint density at radius 2 is 2.08 bits per heavy atom. The van der Waals surface area contributed by atoms with Crippen LogP contribution in [0.1, 0.15) is 27.7 Å². The van der Waals surface area contributed by atoms with Crippen molar-refractivity contribution >= 4 is 23.6 Å². The van der Waals surface area contributed by atoms with Gasteiger partial charge in [-0.25, -0.2) is 13.8 Å². The molecule has 2 N–H and O–H groups in total. The van der Waals surface area contributed by atoms with Crippen LogP contribution >= 0.6 is 11.6 Å². The zero-order chi connectivity index (χ0) is 25.7. The van der Waals surface area contributed by atoms with E-state index in [1.165, 1.54) is 43.5 Å². The van der Waals surface area contributed by atoms with Gasteiger partial charge in [-0.3, -0.25) is 4.79 Å². The lowest BCUT2D eigenvalue weighted by atomic mass is 10.0. The minimum absolute atomic E-state index is 0.0656. The Balaban J connectivity index is 1.54. The number of aromatic nitrogens is 1. The number of carbonyl (C=O) groups excluding carboxylic acids is 1. The molecular formula is C26H23ClF2N2O5. The summed E-state index contributed by atoms with van der Waals surface area (Å²) in [5, 5.41) is 13.4. The fraction of sp³-hybridized carbons (Fsp3) is 0.231. The van der Waals surface area contributed by atoms with Crippen LogP contribution in [0.2, 0.25) is 5.02 Å². The van der Waals surface area contributed by atoms with Crippen molar-refractivity contribution in [1.29, 1.82) is 0 Å². The van der Waals surface area contributed by atoms with Crippen molar-refractivity contribution < 1.29 is 32.9 Å². The molecular weight excluding hydrogens is 494 g/mol. The van der Waals surface area contributed by atoms with E-state index in [-0.39, 0.29) is 35.2 Å². The summed E-state index contributed by atoms with van der Waals surface area (Å²) in [6.07, 6.45) is 2.50. The second kappa shape index (κ2) is 11.4. The first-order valence-electron chi connectivity index (χ1n) is 11.0. The number of fused-ring (bicyclic) bond motifs is 1. The standard InChI is InChI=1S/C26H23ClF2N2O5/c1-34-23-13-17(5-7-22(23)35-10-8-28)26(33)30-14-21(32)20-12-16-3-2-9-36-25(16)24(31-20)15-4-6-19(29)18(27)11-15/h2-7,11-13,21,32H,8-10,14H2,1H3,(H,30,33). The van der Waals surface area contributed by atoms with Crippen LogP contribution in [0.4, 0.5) is 8.78 Å². The van der Waals surface area contributed by atoms with Crippen LogP contribution in [0.5, 0.6) is 17.2 Å². The fourth-order valence-corrected chi connectivity index (χ4v) is 3.82. The molecule has 188 valence electrons. The molecule has 1 aromatic heterocycles. The van der Waals surface area contributed by atoms with Gasteiger partial charge in [0.25, 0.3) is 5.91 Å². The first-order valence-corrected chi connectivity index (χ1v) is 11.4. The number of halogens is 3. The van der Waals surface area contributed by atoms with Gasteiger partial charge in [0.2, 0.25) is 0 Å². The van der Waals surface area contributed by atoms with E-state index in [1.807, 2.05) is 12.2 Å². The normalized spacial score (nSPS) is 12.9. The van der Waals surface area contributed by atoms with Gasteiger partial charge < -0.3 is 24.6 Å². The molecule has 0 bridgehead atoms. The molecule has 0 saturated heterocycles. The average molecular weight is 517 g/mol. The van der Waals surface area contributed by atoms with Crippen molar-refractivity contribution in [3.63, 3.8) is 0 Å². The Morgan fingerprint density at radius 3 is 2.83 bits per heavy atom. The lowest BCUT2D eigenvalue weighted by molar-refractivity contribution is 0.0913. The smallest absolute Gasteiger partial charge is 0.251 e. The van der Waals surface area contributed by atoms with E-state index < -0.39 is 24.5 Å². The summed E-state index contributed by atoms with van der Waals surface area (Å²) in [4.78, 5) is 17.2. The lowest BCUT2D eigenvalue weighted by Gasteiger charge is -2.20. The molecule has 0 aliphatic carbocycles. The maximum Gasteiger partial charge on any atom is 0.251 e. The quantitative estimate of drug-likeness (QED) is 0.426. The number of nitrogens with zero attached hydrogens (tertiary/aromatic N) is 1. The highest BCUT2D eigenvalue weighted by atomic mass is 35.5. The number of hydrogen-bond acceptors (Lipinski definition) is 6. The predicted octanol–water partition coefficient (Wildman–Crippen LogP) is 4.77. The number of aliphatic hydroxyl groups is 1. The highest BCUT2D eigenvalue weighted by Gasteiger charge is 2.21. The molecule has 1 aliphatic rings. The van der Waals surface area contributed by atoms with Gasteiger partial charge in [-0.2, -0.15) is 0 Å². The van der Waals surface area contributed by atoms with Gasteiger partial charge >= 0.3 is 0 Å². The third-order valence-corrected chi connectivity index (χ3v) is 5.68. The van der Waals surface area contributed by atoms with Crippen molar-refractivity contribution in [1.82, 2.24) is 10.3 Å². The molecule has 36 heavy (non-hydrogen) atoms. The zero-order valence-electron chi connectivity index (χ0n) is 19.3. The summed E-state index contributed by atoms with van der Waals surface area (Å²) in [5.41, 5.74) is 2.15. The van der Waals surface area contributed by atoms with Gasteiger partial charge in [-0.1, -0.05) is 17.7 Å². The van der Waals surface area contributed by atoms with Crippen molar-refractivity contribution in [3.05, 3.63) is 76.2 Å². The molecule has 10 heteroatoms. The van der Waals surface area contributed by atoms with E-state index in [9.17, 15) is 18.7 Å². The van der Waals surface area contributed by atoms with Gasteiger partial charge in [-0.05, 0) is 48.5 Å². The number of benzene rings is 2. The van der Waals surface area contributed by atoms with Crippen LogP contribution < -0.4 is 19.5 Å². The number of methoxy groups -OCH3 is 1. The Hall–Kier alpha value is -3.69. The third-order valence-electron chi connectivity index (χ3n) is 5.39. The fourth-order valence-electron chi connectivity index (χ4n) is 3.64. The highest BCUT2D eigenvalue weighted by Crippen LogP contribution is 2.37. The Bertz CT molecular complexity index is 1300. The van der Waals surface area contributed by atoms with Crippen molar-refractivity contribution in [2.24, 2.45) is 0 Å². The molecule has 2 aromatic carbocycles. The Labute approximate surface area is 211 Å². The van der Waals surface area contributed by atoms with Crippen LogP contribution in [0.3, 0.4) is 0 Å². The topological polar surface area (TPSA) is 89.9 Å². The highest BCUT2D eigenvalue weighted by molar-refractivity contribution is 6.31. The Morgan fingerprint density at radius 1 is 1.25 bits per heavy atom. The van der Waals surface area contributed by atoms with E-state index in [0.717, 1.165) is 0 Å². The number of amides is 1. The zero-order valence-corrected chi connectivity index (χ0v) is 20.0. The number of ether oxygens (including phenoxy) is 3. The van der Waals surface area contributed by atoms with Crippen LogP contribution in [-0.4, -0.2) is 49.5 Å². The largest absolute Gasteiger partial charge is 0.493 e. The monoisotopic (exact) mass is 516 g/mol. The minimum atomic E-state index is -1.15. The predicted molar refractivity (Wildman–Crippen MR) is 131 cm³/mol. The van der Waals surface area contributed by atoms with Crippen LogP contribution in [0.15, 0.2) is 48.5 Å². The molecule has 0 spiro atoms. The minimum Gasteiger partial charge on any atom is -0.493 e. The number of rotatable bonds is 9. The van der Waals surface area contributed by atoms with Crippen LogP contribution in [-0.2, 0) is 0 Å². The van der Waals surface area contributed by atoms with Gasteiger partial charge in [0.1, 0.15) is 37.5 Å². The number of nitrogens with one attached hydrogen (secondary N) is 1. The van der Waals surface area contributed by atoms with Gasteiger partial charge in [0.15, 0.2) is 17.2 Å². The molecule has 0 radical (unpaired) electrons. The summed E-state index contributed by atoms with van der Waals surface area (Å²) in [6, 6.07) is 10.3. The molecule has 0 saturated carbocycles. The first-order chi connectivity index (χ1) is 17.4. The average Bonchev–Trinajstić information content (AvgIpc) is 2.91. The second-order valence-electron chi connectivity index (χ2n) is 7.79. The van der Waals surface area contributed by atoms with Crippen molar-refractivity contribution in [2.75, 3.05) is 33.5 Å². The second-order valence-corrected chi connectivity index (χ2v) is 8.19. The number of alkyl halides is 1. The summed E-state index contributed by atoms with van der Waals surface area (Å²) in [5.74, 6) is 0.0576. The Kier molecular flexibility index (Phi) is 8.02. The SMILES string of the molecule is COc1cc(C(=O)NCC(O)c2cc3c(c(-c4ccc(F)c(Cl)c4)n2)OCC=C3)ccc1OCCF. The summed E-state index contributed by atoms with van der Waals surface area (Å²) < 4.78 is 42.3. The van der Waals surface area contributed by atoms with Gasteiger partial charge in [0.05, 0.1) is 17.8 Å². The molecule has 1 atom stereocenters. The number of carbonyl (C=O) groups is 1. The molecule has 2 heterocycles. The molecule has 1 amide bonds. The first kappa shape index (κ1) is 25.4. The maximum absolute atomic E-state index is 13.7. The lowest BCUT2D eigenvalue weighted by Crippen LogP contribution is -2.29. The van der Waals surface area contributed by atoms with E-state index in [2.05, 4.69) is 10.3 Å². The third kappa shape index (κ3) is 5.58. The van der Waals surface area contributed by atoms with E-state index in [1.54, 1.807) is 6.07 Å². The molecule has 1 aliphatic heterocycles. The van der Waals surface area contributed by atoms with Gasteiger partial charge in [0, 0.05) is 23.2 Å². The van der Waals surface area contributed by atoms with Crippen molar-refractivity contribution in [3.8, 4) is 28.5 Å². The van der Waals surface area contributed by atoms with Gasteiger partial charge in [-0.15, -0.1) is 0 Å². The molecule has 7 nitrogen and oxygen atoms in total. The number of pyridine rings is 1. The van der Waals surface area contributed by atoms with E-state index in [0.29, 0.717) is 34.9 Å². The molecule has 3 aromatic rings. The van der Waals surface area contributed by atoms with E-state index >= 15 is 0 Å². The molecule has 4 rings (SSSR count). The van der Waals surface area contributed by atoms with Crippen molar-refractivity contribution in [2.45, 2.75) is 6.10 Å². The van der Waals surface area contributed by atoms with E-state index in [4.69, 9.17) is 25.8 Å². The summed E-state index contributed by atoms with van der Waals surface area (Å²) in [7, 11) is 1.41. The molecule has 1 unspecified atom stereocenters. The van der Waals surface area contributed by atoms with Crippen LogP contribution in [0.25, 0.3) is 17.3 Å². The molecule has 0 fully saturated rings. The summed E-state index contributed by atoms with van der Waals surface area (Å²) >= 11 is 5.96.